The maximum Gasteiger partial charge on any atom is 0.253 e. The Morgan fingerprint density at radius 3 is 2.76 bits per heavy atom. The lowest BCUT2D eigenvalue weighted by atomic mass is 10.1. The van der Waals surface area contributed by atoms with Crippen LogP contribution in [-0.2, 0) is 13.5 Å². The first-order valence-corrected chi connectivity index (χ1v) is 7.18. The van der Waals surface area contributed by atoms with Gasteiger partial charge in [-0.25, -0.2) is 4.98 Å². The van der Waals surface area contributed by atoms with Crippen LogP contribution in [0.2, 0.25) is 0 Å². The van der Waals surface area contributed by atoms with Crippen molar-refractivity contribution in [1.29, 1.82) is 0 Å². The van der Waals surface area contributed by atoms with E-state index in [1.807, 2.05) is 42.1 Å². The highest BCUT2D eigenvalue weighted by Crippen LogP contribution is 2.15. The number of imidazole rings is 1. The quantitative estimate of drug-likeness (QED) is 0.856. The Kier molecular flexibility index (Phi) is 4.98. The molecule has 5 heteroatoms. The van der Waals surface area contributed by atoms with Gasteiger partial charge in [-0.1, -0.05) is 12.1 Å². The summed E-state index contributed by atoms with van der Waals surface area (Å²) in [5.74, 6) is 0.900. The molecule has 1 heterocycles. The number of benzene rings is 1. The maximum atomic E-state index is 12.3. The van der Waals surface area contributed by atoms with Crippen LogP contribution in [0.4, 0.5) is 5.69 Å². The fourth-order valence-electron chi connectivity index (χ4n) is 2.14. The lowest BCUT2D eigenvalue weighted by molar-refractivity contribution is 0.0954. The van der Waals surface area contributed by atoms with Crippen molar-refractivity contribution in [3.8, 4) is 0 Å². The van der Waals surface area contributed by atoms with Crippen LogP contribution in [0.3, 0.4) is 0 Å². The SMILES string of the molecule is CC(C)Nc1ccccc1C(=O)NCCc1nccn1C. The average molecular weight is 286 g/mol. The number of aromatic nitrogens is 2. The number of carbonyl (C=O) groups excluding carboxylic acids is 1. The van der Waals surface area contributed by atoms with Crippen molar-refractivity contribution in [2.45, 2.75) is 26.3 Å². The molecule has 0 saturated carbocycles. The molecule has 0 aliphatic carbocycles. The summed E-state index contributed by atoms with van der Waals surface area (Å²) in [5, 5.41) is 6.24. The molecule has 1 aromatic heterocycles. The second-order valence-electron chi connectivity index (χ2n) is 5.30. The molecule has 0 aliphatic rings. The van der Waals surface area contributed by atoms with E-state index in [1.165, 1.54) is 0 Å². The van der Waals surface area contributed by atoms with Crippen molar-refractivity contribution in [2.75, 3.05) is 11.9 Å². The van der Waals surface area contributed by atoms with Gasteiger partial charge in [0.15, 0.2) is 0 Å². The summed E-state index contributed by atoms with van der Waals surface area (Å²) in [4.78, 5) is 16.5. The van der Waals surface area contributed by atoms with Crippen molar-refractivity contribution in [3.05, 3.63) is 48.0 Å². The van der Waals surface area contributed by atoms with Crippen LogP contribution in [0.25, 0.3) is 0 Å². The molecule has 21 heavy (non-hydrogen) atoms. The monoisotopic (exact) mass is 286 g/mol. The first-order valence-electron chi connectivity index (χ1n) is 7.18. The number of para-hydroxylation sites is 1. The summed E-state index contributed by atoms with van der Waals surface area (Å²) in [6.07, 6.45) is 4.38. The third kappa shape index (κ3) is 4.08. The average Bonchev–Trinajstić information content (AvgIpc) is 2.84. The van der Waals surface area contributed by atoms with Gasteiger partial charge in [-0.05, 0) is 26.0 Å². The summed E-state index contributed by atoms with van der Waals surface area (Å²) in [6, 6.07) is 7.84. The zero-order valence-electron chi connectivity index (χ0n) is 12.8. The van der Waals surface area contributed by atoms with Gasteiger partial charge in [0.2, 0.25) is 0 Å². The smallest absolute Gasteiger partial charge is 0.253 e. The third-order valence-electron chi connectivity index (χ3n) is 3.17. The minimum Gasteiger partial charge on any atom is -0.382 e. The van der Waals surface area contributed by atoms with E-state index in [1.54, 1.807) is 6.20 Å². The molecule has 0 bridgehead atoms. The number of nitrogens with zero attached hydrogens (tertiary/aromatic N) is 2. The predicted octanol–water partition coefficient (Wildman–Crippen LogP) is 2.21. The van der Waals surface area contributed by atoms with E-state index in [0.717, 1.165) is 17.9 Å². The second kappa shape index (κ2) is 6.92. The van der Waals surface area contributed by atoms with E-state index in [4.69, 9.17) is 0 Å². The summed E-state index contributed by atoms with van der Waals surface area (Å²) < 4.78 is 1.96. The van der Waals surface area contributed by atoms with E-state index in [2.05, 4.69) is 29.5 Å². The van der Waals surface area contributed by atoms with Crippen LogP contribution in [0, 0.1) is 0 Å². The van der Waals surface area contributed by atoms with Gasteiger partial charge in [-0.15, -0.1) is 0 Å². The van der Waals surface area contributed by atoms with E-state index in [9.17, 15) is 4.79 Å². The zero-order valence-corrected chi connectivity index (χ0v) is 12.8. The fraction of sp³-hybridized carbons (Fsp3) is 0.375. The molecule has 1 amide bonds. The molecule has 2 rings (SSSR count). The predicted molar refractivity (Wildman–Crippen MR) is 84.4 cm³/mol. The molecule has 2 N–H and O–H groups in total. The molecular weight excluding hydrogens is 264 g/mol. The molecule has 0 aliphatic heterocycles. The van der Waals surface area contributed by atoms with Crippen LogP contribution in [0.1, 0.15) is 30.0 Å². The number of aryl methyl sites for hydroxylation is 1. The lowest BCUT2D eigenvalue weighted by Crippen LogP contribution is -2.27. The largest absolute Gasteiger partial charge is 0.382 e. The van der Waals surface area contributed by atoms with Crippen molar-refractivity contribution in [2.24, 2.45) is 7.05 Å². The molecular formula is C16H22N4O. The van der Waals surface area contributed by atoms with Crippen molar-refractivity contribution >= 4 is 11.6 Å². The van der Waals surface area contributed by atoms with Crippen LogP contribution in [0.15, 0.2) is 36.7 Å². The first-order chi connectivity index (χ1) is 10.1. The number of hydrogen-bond acceptors (Lipinski definition) is 3. The molecule has 0 spiro atoms. The highest BCUT2D eigenvalue weighted by atomic mass is 16.1. The Balaban J connectivity index is 1.96. The number of nitrogens with one attached hydrogen (secondary N) is 2. The standard InChI is InChI=1S/C16H22N4O/c1-12(2)19-14-7-5-4-6-13(14)16(21)18-9-8-15-17-10-11-20(15)3/h4-7,10-12,19H,8-9H2,1-3H3,(H,18,21). The summed E-state index contributed by atoms with van der Waals surface area (Å²) in [6.45, 7) is 4.67. The van der Waals surface area contributed by atoms with E-state index < -0.39 is 0 Å². The van der Waals surface area contributed by atoms with Crippen molar-refractivity contribution < 1.29 is 4.79 Å². The van der Waals surface area contributed by atoms with Gasteiger partial charge in [0, 0.05) is 44.1 Å². The highest BCUT2D eigenvalue weighted by Gasteiger charge is 2.11. The van der Waals surface area contributed by atoms with Gasteiger partial charge in [0.05, 0.1) is 5.56 Å². The molecule has 0 atom stereocenters. The van der Waals surface area contributed by atoms with Gasteiger partial charge in [-0.2, -0.15) is 0 Å². The molecule has 112 valence electrons. The van der Waals surface area contributed by atoms with E-state index >= 15 is 0 Å². The summed E-state index contributed by atoms with van der Waals surface area (Å²) >= 11 is 0. The Morgan fingerprint density at radius 1 is 1.33 bits per heavy atom. The Labute approximate surface area is 125 Å². The number of rotatable bonds is 6. The minimum absolute atomic E-state index is 0.0621. The number of hydrogen-bond donors (Lipinski definition) is 2. The third-order valence-corrected chi connectivity index (χ3v) is 3.17. The molecule has 0 saturated heterocycles. The lowest BCUT2D eigenvalue weighted by Gasteiger charge is -2.14. The van der Waals surface area contributed by atoms with Crippen molar-refractivity contribution in [1.82, 2.24) is 14.9 Å². The van der Waals surface area contributed by atoms with Gasteiger partial charge < -0.3 is 15.2 Å². The fourth-order valence-corrected chi connectivity index (χ4v) is 2.14. The normalized spacial score (nSPS) is 10.7. The molecule has 5 nitrogen and oxygen atoms in total. The van der Waals surface area contributed by atoms with Gasteiger partial charge in [-0.3, -0.25) is 4.79 Å². The number of carbonyl (C=O) groups is 1. The minimum atomic E-state index is -0.0621. The van der Waals surface area contributed by atoms with Gasteiger partial charge in [0.1, 0.15) is 5.82 Å². The summed E-state index contributed by atoms with van der Waals surface area (Å²) in [5.41, 5.74) is 1.54. The Bertz CT molecular complexity index is 604. The topological polar surface area (TPSA) is 59.0 Å². The van der Waals surface area contributed by atoms with Gasteiger partial charge >= 0.3 is 0 Å². The molecule has 0 radical (unpaired) electrons. The van der Waals surface area contributed by atoms with E-state index in [-0.39, 0.29) is 11.9 Å². The highest BCUT2D eigenvalue weighted by molar-refractivity contribution is 5.99. The second-order valence-corrected chi connectivity index (χ2v) is 5.30. The van der Waals surface area contributed by atoms with Crippen LogP contribution in [0.5, 0.6) is 0 Å². The number of amides is 1. The molecule has 0 unspecified atom stereocenters. The zero-order chi connectivity index (χ0) is 15.2. The molecule has 1 aromatic carbocycles. The van der Waals surface area contributed by atoms with Crippen molar-refractivity contribution in [3.63, 3.8) is 0 Å². The van der Waals surface area contributed by atoms with E-state index in [0.29, 0.717) is 12.1 Å². The Hall–Kier alpha value is -2.30. The first kappa shape index (κ1) is 15.1. The summed E-state index contributed by atoms with van der Waals surface area (Å²) in [7, 11) is 1.95. The number of anilines is 1. The van der Waals surface area contributed by atoms with Gasteiger partial charge in [0.25, 0.3) is 5.91 Å². The Morgan fingerprint density at radius 2 is 2.10 bits per heavy atom. The molecule has 0 fully saturated rings. The maximum absolute atomic E-state index is 12.3. The van der Waals surface area contributed by atoms with Crippen LogP contribution >= 0.6 is 0 Å². The van der Waals surface area contributed by atoms with Crippen LogP contribution < -0.4 is 10.6 Å². The molecule has 2 aromatic rings. The van der Waals surface area contributed by atoms with Crippen LogP contribution in [-0.4, -0.2) is 28.0 Å².